The van der Waals surface area contributed by atoms with Crippen molar-refractivity contribution >= 4 is 10.0 Å². The Morgan fingerprint density at radius 3 is 2.60 bits per heavy atom. The van der Waals surface area contributed by atoms with E-state index in [2.05, 4.69) is 10.2 Å². The highest BCUT2D eigenvalue weighted by Crippen LogP contribution is 2.33. The van der Waals surface area contributed by atoms with Crippen molar-refractivity contribution in [3.05, 3.63) is 11.4 Å². The summed E-state index contributed by atoms with van der Waals surface area (Å²) in [7, 11) is -3.56. The molecule has 0 unspecified atom stereocenters. The third-order valence-electron chi connectivity index (χ3n) is 3.85. The highest BCUT2D eigenvalue weighted by molar-refractivity contribution is 7.89. The minimum absolute atomic E-state index is 0.249. The van der Waals surface area contributed by atoms with Gasteiger partial charge in [0.2, 0.25) is 10.0 Å². The summed E-state index contributed by atoms with van der Waals surface area (Å²) >= 11 is 0. The number of hydrogen-bond acceptors (Lipinski definition) is 5. The fourth-order valence-corrected chi connectivity index (χ4v) is 4.79. The van der Waals surface area contributed by atoms with Gasteiger partial charge in [0, 0.05) is 13.0 Å². The fourth-order valence-electron chi connectivity index (χ4n) is 2.94. The lowest BCUT2D eigenvalue weighted by molar-refractivity contribution is -0.179. The largest absolute Gasteiger partial charge is 0.346 e. The zero-order chi connectivity index (χ0) is 14.4. The van der Waals surface area contributed by atoms with Gasteiger partial charge in [-0.1, -0.05) is 0 Å². The predicted molar refractivity (Wildman–Crippen MR) is 70.7 cm³/mol. The van der Waals surface area contributed by atoms with E-state index in [4.69, 9.17) is 9.47 Å². The first kappa shape index (κ1) is 14.0. The first-order chi connectivity index (χ1) is 9.45. The fraction of sp³-hybridized carbons (Fsp3) is 0.750. The number of ether oxygens (including phenoxy) is 2. The normalized spacial score (nSPS) is 23.5. The van der Waals surface area contributed by atoms with E-state index in [1.807, 2.05) is 0 Å². The summed E-state index contributed by atoms with van der Waals surface area (Å²) in [5, 5.41) is 6.70. The Labute approximate surface area is 118 Å². The number of nitrogens with zero attached hydrogens (tertiary/aromatic N) is 2. The molecule has 112 valence electrons. The van der Waals surface area contributed by atoms with Crippen LogP contribution in [0.2, 0.25) is 0 Å². The van der Waals surface area contributed by atoms with Crippen LogP contribution in [0.25, 0.3) is 0 Å². The van der Waals surface area contributed by atoms with E-state index in [1.54, 1.807) is 13.8 Å². The van der Waals surface area contributed by atoms with Gasteiger partial charge >= 0.3 is 0 Å². The van der Waals surface area contributed by atoms with Gasteiger partial charge in [0.1, 0.15) is 4.90 Å². The monoisotopic (exact) mass is 301 g/mol. The Morgan fingerprint density at radius 1 is 1.30 bits per heavy atom. The maximum Gasteiger partial charge on any atom is 0.246 e. The zero-order valence-electron chi connectivity index (χ0n) is 11.7. The van der Waals surface area contributed by atoms with Gasteiger partial charge in [-0.25, -0.2) is 8.42 Å². The second-order valence-corrected chi connectivity index (χ2v) is 7.19. The number of hydrogen-bond donors (Lipinski definition) is 1. The van der Waals surface area contributed by atoms with E-state index >= 15 is 0 Å². The highest BCUT2D eigenvalue weighted by Gasteiger charge is 2.45. The number of aromatic amines is 1. The zero-order valence-corrected chi connectivity index (χ0v) is 12.5. The summed E-state index contributed by atoms with van der Waals surface area (Å²) in [4.78, 5) is 0.271. The number of H-pyrrole nitrogens is 1. The molecule has 1 spiro atoms. The molecule has 2 aliphatic heterocycles. The topological polar surface area (TPSA) is 84.5 Å². The average Bonchev–Trinajstić information content (AvgIpc) is 2.97. The second kappa shape index (κ2) is 4.80. The van der Waals surface area contributed by atoms with Crippen molar-refractivity contribution in [3.8, 4) is 0 Å². The molecule has 3 rings (SSSR count). The van der Waals surface area contributed by atoms with Crippen molar-refractivity contribution in [2.45, 2.75) is 37.4 Å². The second-order valence-electron chi connectivity index (χ2n) is 5.31. The minimum atomic E-state index is -3.56. The SMILES string of the molecule is Cc1n[nH]c(C)c1S(=O)(=O)N1CCCC2(C1)OCCO2. The quantitative estimate of drug-likeness (QED) is 0.862. The lowest BCUT2D eigenvalue weighted by Gasteiger charge is -2.37. The standard InChI is InChI=1S/C12H19N3O4S/c1-9-11(10(2)14-13-9)20(16,17)15-5-3-4-12(8-15)18-6-7-19-12/h3-8H2,1-2H3,(H,13,14). The van der Waals surface area contributed by atoms with E-state index in [0.717, 1.165) is 12.8 Å². The van der Waals surface area contributed by atoms with Crippen molar-refractivity contribution in [3.63, 3.8) is 0 Å². The Balaban J connectivity index is 1.92. The van der Waals surface area contributed by atoms with Crippen LogP contribution in [0.3, 0.4) is 0 Å². The van der Waals surface area contributed by atoms with Crippen molar-refractivity contribution in [2.24, 2.45) is 0 Å². The van der Waals surface area contributed by atoms with Crippen LogP contribution in [-0.4, -0.2) is 55.0 Å². The lowest BCUT2D eigenvalue weighted by Crippen LogP contribution is -2.51. The van der Waals surface area contributed by atoms with Crippen LogP contribution in [0.15, 0.2) is 4.90 Å². The molecule has 2 aliphatic rings. The van der Waals surface area contributed by atoms with E-state index in [1.165, 1.54) is 4.31 Å². The summed E-state index contributed by atoms with van der Waals surface area (Å²) in [6.07, 6.45) is 1.47. The van der Waals surface area contributed by atoms with Gasteiger partial charge in [0.05, 0.1) is 31.1 Å². The van der Waals surface area contributed by atoms with E-state index in [-0.39, 0.29) is 11.4 Å². The molecule has 1 aromatic rings. The van der Waals surface area contributed by atoms with Crippen LogP contribution < -0.4 is 0 Å². The Hall–Kier alpha value is -0.960. The molecule has 0 saturated carbocycles. The number of sulfonamides is 1. The van der Waals surface area contributed by atoms with Crippen molar-refractivity contribution in [1.29, 1.82) is 0 Å². The molecule has 7 nitrogen and oxygen atoms in total. The number of aromatic nitrogens is 2. The molecule has 20 heavy (non-hydrogen) atoms. The van der Waals surface area contributed by atoms with Crippen LogP contribution in [0.1, 0.15) is 24.2 Å². The predicted octanol–water partition coefficient (Wildman–Crippen LogP) is 0.554. The minimum Gasteiger partial charge on any atom is -0.346 e. The van der Waals surface area contributed by atoms with Crippen LogP contribution in [-0.2, 0) is 19.5 Å². The molecule has 1 N–H and O–H groups in total. The molecule has 0 atom stereocenters. The van der Waals surface area contributed by atoms with Crippen LogP contribution in [0.5, 0.6) is 0 Å². The van der Waals surface area contributed by atoms with Gasteiger partial charge in [-0.2, -0.15) is 9.40 Å². The van der Waals surface area contributed by atoms with Gasteiger partial charge in [-0.15, -0.1) is 0 Å². The summed E-state index contributed by atoms with van der Waals surface area (Å²) in [6, 6.07) is 0. The molecule has 3 heterocycles. The lowest BCUT2D eigenvalue weighted by atomic mass is 10.1. The van der Waals surface area contributed by atoms with E-state index < -0.39 is 15.8 Å². The van der Waals surface area contributed by atoms with Gasteiger partial charge in [0.15, 0.2) is 5.79 Å². The van der Waals surface area contributed by atoms with Gasteiger partial charge in [-0.3, -0.25) is 5.10 Å². The molecule has 0 bridgehead atoms. The molecule has 0 aliphatic carbocycles. The van der Waals surface area contributed by atoms with Crippen molar-refractivity contribution < 1.29 is 17.9 Å². The number of piperidine rings is 1. The molecule has 1 aromatic heterocycles. The summed E-state index contributed by atoms with van der Waals surface area (Å²) < 4.78 is 38.3. The summed E-state index contributed by atoms with van der Waals surface area (Å²) in [5.74, 6) is -0.753. The Morgan fingerprint density at radius 2 is 2.00 bits per heavy atom. The van der Waals surface area contributed by atoms with Crippen LogP contribution >= 0.6 is 0 Å². The molecule has 2 fully saturated rings. The van der Waals surface area contributed by atoms with Gasteiger partial charge < -0.3 is 9.47 Å². The number of nitrogens with one attached hydrogen (secondary N) is 1. The summed E-state index contributed by atoms with van der Waals surface area (Å²) in [6.45, 7) is 5.20. The maximum atomic E-state index is 12.8. The van der Waals surface area contributed by atoms with Gasteiger partial charge in [0.25, 0.3) is 0 Å². The molecule has 0 aromatic carbocycles. The van der Waals surface area contributed by atoms with Crippen LogP contribution in [0.4, 0.5) is 0 Å². The summed E-state index contributed by atoms with van der Waals surface area (Å²) in [5.41, 5.74) is 1.06. The molecular formula is C12H19N3O4S. The smallest absolute Gasteiger partial charge is 0.246 e. The third-order valence-corrected chi connectivity index (χ3v) is 5.96. The first-order valence-corrected chi connectivity index (χ1v) is 8.18. The number of rotatable bonds is 2. The Kier molecular flexibility index (Phi) is 3.36. The van der Waals surface area contributed by atoms with Crippen molar-refractivity contribution in [1.82, 2.24) is 14.5 Å². The van der Waals surface area contributed by atoms with E-state index in [9.17, 15) is 8.42 Å². The Bertz CT molecular complexity index is 585. The first-order valence-electron chi connectivity index (χ1n) is 6.74. The van der Waals surface area contributed by atoms with Gasteiger partial charge in [-0.05, 0) is 20.3 Å². The maximum absolute atomic E-state index is 12.8. The third kappa shape index (κ3) is 2.16. The van der Waals surface area contributed by atoms with E-state index in [0.29, 0.717) is 31.1 Å². The highest BCUT2D eigenvalue weighted by atomic mass is 32.2. The molecule has 0 radical (unpaired) electrons. The number of aryl methyl sites for hydroxylation is 2. The molecule has 0 amide bonds. The average molecular weight is 301 g/mol. The molecule has 8 heteroatoms. The van der Waals surface area contributed by atoms with Crippen molar-refractivity contribution in [2.75, 3.05) is 26.3 Å². The molecular weight excluding hydrogens is 282 g/mol. The molecule has 2 saturated heterocycles. The van der Waals surface area contributed by atoms with Crippen LogP contribution in [0, 0.1) is 13.8 Å².